The Hall–Kier alpha value is -1.08. The summed E-state index contributed by atoms with van der Waals surface area (Å²) >= 11 is 0. The van der Waals surface area contributed by atoms with Gasteiger partial charge < -0.3 is 10.6 Å². The number of carbonyl (C=O) groups is 1. The summed E-state index contributed by atoms with van der Waals surface area (Å²) in [6.07, 6.45) is 3.25. The molecule has 0 radical (unpaired) electrons. The average molecular weight is 179 g/mol. The highest BCUT2D eigenvalue weighted by molar-refractivity contribution is 5.80. The Labute approximate surface area is 77.3 Å². The molecule has 2 bridgehead atoms. The summed E-state index contributed by atoms with van der Waals surface area (Å²) in [7, 11) is 0. The highest BCUT2D eigenvalue weighted by atomic mass is 16.1. The number of nitrogens with zero attached hydrogens (tertiary/aromatic N) is 1. The summed E-state index contributed by atoms with van der Waals surface area (Å²) in [5, 5.41) is 14.3. The van der Waals surface area contributed by atoms with Gasteiger partial charge in [-0.1, -0.05) is 0 Å². The van der Waals surface area contributed by atoms with Crippen LogP contribution in [0.15, 0.2) is 0 Å². The van der Waals surface area contributed by atoms with Crippen LogP contribution >= 0.6 is 0 Å². The lowest BCUT2D eigenvalue weighted by molar-refractivity contribution is -0.125. The Morgan fingerprint density at radius 2 is 2.46 bits per heavy atom. The number of carbonyl (C=O) groups excluding carboxylic acids is 1. The zero-order chi connectivity index (χ0) is 9.26. The summed E-state index contributed by atoms with van der Waals surface area (Å²) in [5.41, 5.74) is 0. The van der Waals surface area contributed by atoms with Crippen molar-refractivity contribution < 1.29 is 4.79 Å². The van der Waals surface area contributed by atoms with Gasteiger partial charge >= 0.3 is 0 Å². The van der Waals surface area contributed by atoms with Crippen LogP contribution in [0.1, 0.15) is 19.3 Å². The Kier molecular flexibility index (Phi) is 2.19. The maximum atomic E-state index is 11.5. The van der Waals surface area contributed by atoms with Crippen molar-refractivity contribution in [1.82, 2.24) is 10.6 Å². The van der Waals surface area contributed by atoms with E-state index >= 15 is 0 Å². The van der Waals surface area contributed by atoms with Crippen LogP contribution in [-0.4, -0.2) is 24.5 Å². The van der Waals surface area contributed by atoms with Gasteiger partial charge in [0.15, 0.2) is 0 Å². The van der Waals surface area contributed by atoms with Crippen molar-refractivity contribution in [2.75, 3.05) is 6.54 Å². The Bertz CT molecular complexity index is 258. The molecule has 2 aliphatic rings. The van der Waals surface area contributed by atoms with E-state index in [0.717, 1.165) is 12.8 Å². The number of hydrogen-bond donors (Lipinski definition) is 2. The molecule has 0 aromatic carbocycles. The third kappa shape index (κ3) is 1.52. The van der Waals surface area contributed by atoms with Gasteiger partial charge in [0, 0.05) is 12.1 Å². The molecule has 2 N–H and O–H groups in total. The van der Waals surface area contributed by atoms with E-state index in [1.807, 2.05) is 6.07 Å². The van der Waals surface area contributed by atoms with Crippen LogP contribution in [0.3, 0.4) is 0 Å². The summed E-state index contributed by atoms with van der Waals surface area (Å²) in [6, 6.07) is 2.82. The highest BCUT2D eigenvalue weighted by Gasteiger charge is 2.42. The summed E-state index contributed by atoms with van der Waals surface area (Å²) in [4.78, 5) is 11.5. The molecular formula is C9H13N3O. The highest BCUT2D eigenvalue weighted by Crippen LogP contribution is 2.33. The molecule has 1 amide bonds. The van der Waals surface area contributed by atoms with E-state index in [-0.39, 0.29) is 18.4 Å². The van der Waals surface area contributed by atoms with Gasteiger partial charge in [0.05, 0.1) is 12.0 Å². The van der Waals surface area contributed by atoms with E-state index in [1.165, 1.54) is 6.42 Å². The van der Waals surface area contributed by atoms with Crippen LogP contribution < -0.4 is 10.6 Å². The standard InChI is InChI=1S/C9H13N3O/c10-3-4-11-9(13)7-5-6-1-2-8(7)12-6/h6-8,12H,1-2,4-5H2,(H,11,13). The van der Waals surface area contributed by atoms with E-state index in [9.17, 15) is 4.79 Å². The number of amides is 1. The lowest BCUT2D eigenvalue weighted by atomic mass is 9.88. The zero-order valence-corrected chi connectivity index (χ0v) is 7.42. The van der Waals surface area contributed by atoms with Crippen molar-refractivity contribution in [1.29, 1.82) is 5.26 Å². The molecule has 4 nitrogen and oxygen atoms in total. The third-order valence-electron chi connectivity index (χ3n) is 2.98. The number of nitriles is 1. The van der Waals surface area contributed by atoms with Crippen molar-refractivity contribution in [3.8, 4) is 6.07 Å². The van der Waals surface area contributed by atoms with Gasteiger partial charge in [-0.15, -0.1) is 0 Å². The molecule has 0 spiro atoms. The van der Waals surface area contributed by atoms with Crippen molar-refractivity contribution in [3.63, 3.8) is 0 Å². The molecule has 70 valence electrons. The predicted molar refractivity (Wildman–Crippen MR) is 46.7 cm³/mol. The van der Waals surface area contributed by atoms with Crippen LogP contribution in [0, 0.1) is 17.2 Å². The minimum atomic E-state index is 0.0428. The molecule has 0 saturated carbocycles. The number of hydrogen-bond acceptors (Lipinski definition) is 3. The van der Waals surface area contributed by atoms with Gasteiger partial charge in [0.1, 0.15) is 6.54 Å². The SMILES string of the molecule is N#CCNC(=O)C1CC2CCC1N2. The normalized spacial score (nSPS) is 35.8. The molecule has 0 aromatic heterocycles. The van der Waals surface area contributed by atoms with E-state index in [0.29, 0.717) is 12.1 Å². The fourth-order valence-electron chi connectivity index (χ4n) is 2.37. The van der Waals surface area contributed by atoms with E-state index in [1.54, 1.807) is 0 Å². The molecule has 3 unspecified atom stereocenters. The summed E-state index contributed by atoms with van der Waals surface area (Å²) < 4.78 is 0. The molecule has 0 aliphatic carbocycles. The average Bonchev–Trinajstić information content (AvgIpc) is 2.74. The molecule has 2 aliphatic heterocycles. The Morgan fingerprint density at radius 1 is 1.62 bits per heavy atom. The molecule has 2 heterocycles. The molecule has 2 fully saturated rings. The lowest BCUT2D eigenvalue weighted by Gasteiger charge is -2.18. The first-order valence-corrected chi connectivity index (χ1v) is 4.72. The van der Waals surface area contributed by atoms with E-state index < -0.39 is 0 Å². The first kappa shape index (κ1) is 8.52. The smallest absolute Gasteiger partial charge is 0.225 e. The first-order chi connectivity index (χ1) is 6.31. The monoisotopic (exact) mass is 179 g/mol. The molecule has 4 heteroatoms. The van der Waals surface area contributed by atoms with Gasteiger partial charge in [-0.05, 0) is 19.3 Å². The van der Waals surface area contributed by atoms with Gasteiger partial charge in [-0.2, -0.15) is 5.26 Å². The molecular weight excluding hydrogens is 166 g/mol. The van der Waals surface area contributed by atoms with Gasteiger partial charge in [-0.25, -0.2) is 0 Å². The second-order valence-electron chi connectivity index (χ2n) is 3.77. The van der Waals surface area contributed by atoms with Crippen LogP contribution in [0.5, 0.6) is 0 Å². The first-order valence-electron chi connectivity index (χ1n) is 4.72. The van der Waals surface area contributed by atoms with Crippen LogP contribution in [-0.2, 0) is 4.79 Å². The van der Waals surface area contributed by atoms with Crippen LogP contribution in [0.4, 0.5) is 0 Å². The minimum Gasteiger partial charge on any atom is -0.343 e. The third-order valence-corrected chi connectivity index (χ3v) is 2.98. The second kappa shape index (κ2) is 3.35. The van der Waals surface area contributed by atoms with Crippen LogP contribution in [0.25, 0.3) is 0 Å². The van der Waals surface area contributed by atoms with Crippen molar-refractivity contribution in [2.45, 2.75) is 31.3 Å². The molecule has 2 rings (SSSR count). The topological polar surface area (TPSA) is 64.9 Å². The van der Waals surface area contributed by atoms with Crippen molar-refractivity contribution >= 4 is 5.91 Å². The summed E-state index contributed by atoms with van der Waals surface area (Å²) in [5.74, 6) is 0.147. The fraction of sp³-hybridized carbons (Fsp3) is 0.778. The van der Waals surface area contributed by atoms with Gasteiger partial charge in [0.25, 0.3) is 0 Å². The fourth-order valence-corrected chi connectivity index (χ4v) is 2.37. The van der Waals surface area contributed by atoms with E-state index in [2.05, 4.69) is 10.6 Å². The van der Waals surface area contributed by atoms with E-state index in [4.69, 9.17) is 5.26 Å². The molecule has 2 saturated heterocycles. The lowest BCUT2D eigenvalue weighted by Crippen LogP contribution is -2.37. The number of rotatable bonds is 2. The predicted octanol–water partition coefficient (Wildman–Crippen LogP) is -0.233. The van der Waals surface area contributed by atoms with Crippen molar-refractivity contribution in [2.24, 2.45) is 5.92 Å². The van der Waals surface area contributed by atoms with Crippen LogP contribution in [0.2, 0.25) is 0 Å². The quantitative estimate of drug-likeness (QED) is 0.575. The summed E-state index contributed by atoms with van der Waals surface area (Å²) in [6.45, 7) is 0.132. The minimum absolute atomic E-state index is 0.0428. The maximum absolute atomic E-state index is 11.5. The second-order valence-corrected chi connectivity index (χ2v) is 3.77. The Balaban J connectivity index is 1.88. The van der Waals surface area contributed by atoms with Crippen molar-refractivity contribution in [3.05, 3.63) is 0 Å². The number of fused-ring (bicyclic) bond motifs is 2. The maximum Gasteiger partial charge on any atom is 0.225 e. The largest absolute Gasteiger partial charge is 0.343 e. The van der Waals surface area contributed by atoms with Gasteiger partial charge in [-0.3, -0.25) is 4.79 Å². The molecule has 13 heavy (non-hydrogen) atoms. The Morgan fingerprint density at radius 3 is 3.00 bits per heavy atom. The number of nitrogens with one attached hydrogen (secondary N) is 2. The molecule has 3 atom stereocenters. The zero-order valence-electron chi connectivity index (χ0n) is 7.42. The molecule has 0 aromatic rings. The van der Waals surface area contributed by atoms with Gasteiger partial charge in [0.2, 0.25) is 5.91 Å².